The summed E-state index contributed by atoms with van der Waals surface area (Å²) in [4.78, 5) is 13.1. The maximum atomic E-state index is 13.1. The van der Waals surface area contributed by atoms with Crippen LogP contribution < -0.4 is 23.8 Å². The molecule has 2 aliphatic heterocycles. The summed E-state index contributed by atoms with van der Waals surface area (Å²) < 4.78 is 43.0. The van der Waals surface area contributed by atoms with Crippen LogP contribution in [0, 0.1) is 0 Å². The number of benzene rings is 2. The molecule has 2 aliphatic rings. The average Bonchev–Trinajstić information content (AvgIpc) is 3.24. The molecule has 2 aromatic carbocycles. The number of carbonyl (C=O) groups excluding carboxylic acids is 1. The molecule has 172 valence electrons. The van der Waals surface area contributed by atoms with Crippen molar-refractivity contribution in [3.63, 3.8) is 0 Å². The fraction of sp³-hybridized carbons (Fsp3) is 0.435. The highest BCUT2D eigenvalue weighted by Gasteiger charge is 2.39. The molecule has 0 aromatic heterocycles. The number of nitrogens with one attached hydrogen (secondary N) is 1. The largest absolute Gasteiger partial charge is 0.487 e. The lowest BCUT2D eigenvalue weighted by Crippen LogP contribution is -2.47. The Morgan fingerprint density at radius 3 is 2.53 bits per heavy atom. The Kier molecular flexibility index (Phi) is 5.94. The van der Waals surface area contributed by atoms with Gasteiger partial charge in [-0.05, 0) is 31.0 Å². The number of carbonyl (C=O) groups is 1. The predicted octanol–water partition coefficient (Wildman–Crippen LogP) is 3.38. The predicted molar refractivity (Wildman–Crippen MR) is 121 cm³/mol. The van der Waals surface area contributed by atoms with Gasteiger partial charge in [-0.25, -0.2) is 8.42 Å². The maximum Gasteiger partial charge on any atom is 0.241 e. The summed E-state index contributed by atoms with van der Waals surface area (Å²) in [6, 6.07) is 12.2. The molecular formula is C23H28N2O6S. The molecule has 2 heterocycles. The second kappa shape index (κ2) is 8.54. The van der Waals surface area contributed by atoms with Gasteiger partial charge in [-0.15, -0.1) is 0 Å². The Labute approximate surface area is 188 Å². The van der Waals surface area contributed by atoms with E-state index in [1.807, 2.05) is 24.3 Å². The van der Waals surface area contributed by atoms with Crippen molar-refractivity contribution in [2.45, 2.75) is 44.8 Å². The van der Waals surface area contributed by atoms with Crippen LogP contribution in [0.5, 0.6) is 17.2 Å². The van der Waals surface area contributed by atoms with Crippen molar-refractivity contribution in [1.82, 2.24) is 5.32 Å². The van der Waals surface area contributed by atoms with Crippen LogP contribution in [-0.2, 0) is 14.8 Å². The highest BCUT2D eigenvalue weighted by Crippen LogP contribution is 2.42. The van der Waals surface area contributed by atoms with E-state index in [1.165, 1.54) is 0 Å². The molecule has 0 saturated heterocycles. The smallest absolute Gasteiger partial charge is 0.241 e. The molecule has 0 radical (unpaired) electrons. The monoisotopic (exact) mass is 460 g/mol. The highest BCUT2D eigenvalue weighted by atomic mass is 32.2. The number of anilines is 1. The number of amides is 1. The molecule has 2 aromatic rings. The van der Waals surface area contributed by atoms with Gasteiger partial charge in [0.05, 0.1) is 18.0 Å². The number of rotatable bonds is 7. The van der Waals surface area contributed by atoms with Gasteiger partial charge < -0.3 is 19.5 Å². The van der Waals surface area contributed by atoms with Crippen molar-refractivity contribution in [3.05, 3.63) is 48.0 Å². The van der Waals surface area contributed by atoms with Crippen molar-refractivity contribution < 1.29 is 27.4 Å². The number of hydrogen-bond donors (Lipinski definition) is 1. The molecule has 0 fully saturated rings. The first-order chi connectivity index (χ1) is 15.2. The molecule has 4 rings (SSSR count). The zero-order valence-corrected chi connectivity index (χ0v) is 19.3. The third kappa shape index (κ3) is 4.34. The van der Waals surface area contributed by atoms with Crippen molar-refractivity contribution in [2.75, 3.05) is 23.9 Å². The molecule has 0 bridgehead atoms. The summed E-state index contributed by atoms with van der Waals surface area (Å²) in [6.07, 6.45) is 3.30. The Bertz CT molecular complexity index is 1110. The lowest BCUT2D eigenvalue weighted by molar-refractivity contribution is -0.121. The molecule has 0 saturated carbocycles. The fourth-order valence-electron chi connectivity index (χ4n) is 4.24. The lowest BCUT2D eigenvalue weighted by Gasteiger charge is -2.41. The van der Waals surface area contributed by atoms with E-state index >= 15 is 0 Å². The van der Waals surface area contributed by atoms with Gasteiger partial charge >= 0.3 is 0 Å². The van der Waals surface area contributed by atoms with Gasteiger partial charge in [0.25, 0.3) is 0 Å². The molecule has 8 nitrogen and oxygen atoms in total. The first-order valence-corrected chi connectivity index (χ1v) is 12.5. The van der Waals surface area contributed by atoms with E-state index in [-0.39, 0.29) is 25.0 Å². The number of fused-ring (bicyclic) bond motifs is 2. The van der Waals surface area contributed by atoms with E-state index in [9.17, 15) is 13.2 Å². The fourth-order valence-corrected chi connectivity index (χ4v) is 5.09. The number of ether oxygens (including phenoxy) is 3. The summed E-state index contributed by atoms with van der Waals surface area (Å²) in [5.41, 5.74) is 0.864. The normalized spacial score (nSPS) is 18.4. The van der Waals surface area contributed by atoms with Gasteiger partial charge in [-0.2, -0.15) is 0 Å². The second-order valence-electron chi connectivity index (χ2n) is 8.16. The minimum atomic E-state index is -3.71. The molecule has 1 atom stereocenters. The molecule has 0 spiro atoms. The van der Waals surface area contributed by atoms with Crippen LogP contribution in [-0.4, -0.2) is 39.5 Å². The quantitative estimate of drug-likeness (QED) is 0.681. The number of nitrogens with zero attached hydrogens (tertiary/aromatic N) is 1. The van der Waals surface area contributed by atoms with Crippen LogP contribution in [0.1, 0.15) is 44.7 Å². The van der Waals surface area contributed by atoms with Crippen LogP contribution in [0.4, 0.5) is 5.69 Å². The summed E-state index contributed by atoms with van der Waals surface area (Å²) in [6.45, 7) is 3.88. The molecule has 0 aliphatic carbocycles. The maximum absolute atomic E-state index is 13.1. The summed E-state index contributed by atoms with van der Waals surface area (Å²) in [5.74, 6) is 1.35. The van der Waals surface area contributed by atoms with E-state index in [4.69, 9.17) is 14.2 Å². The van der Waals surface area contributed by atoms with Crippen LogP contribution >= 0.6 is 0 Å². The van der Waals surface area contributed by atoms with Gasteiger partial charge in [-0.3, -0.25) is 9.10 Å². The Hall–Kier alpha value is -2.94. The number of para-hydroxylation sites is 1. The van der Waals surface area contributed by atoms with E-state index in [2.05, 4.69) is 19.2 Å². The Morgan fingerprint density at radius 2 is 1.81 bits per heavy atom. The zero-order valence-electron chi connectivity index (χ0n) is 18.5. The number of sulfonamides is 1. The minimum absolute atomic E-state index is 0.0813. The lowest BCUT2D eigenvalue weighted by atomic mass is 9.83. The van der Waals surface area contributed by atoms with E-state index in [0.717, 1.165) is 34.7 Å². The third-order valence-corrected chi connectivity index (χ3v) is 7.29. The van der Waals surface area contributed by atoms with E-state index in [0.29, 0.717) is 23.6 Å². The molecule has 32 heavy (non-hydrogen) atoms. The summed E-state index contributed by atoms with van der Waals surface area (Å²) in [5, 5.41) is 3.04. The zero-order chi connectivity index (χ0) is 22.9. The second-order valence-corrected chi connectivity index (χ2v) is 10.1. The molecule has 0 unspecified atom stereocenters. The van der Waals surface area contributed by atoms with E-state index < -0.39 is 15.9 Å². The van der Waals surface area contributed by atoms with Crippen LogP contribution in [0.2, 0.25) is 0 Å². The minimum Gasteiger partial charge on any atom is -0.487 e. The Morgan fingerprint density at radius 1 is 1.09 bits per heavy atom. The van der Waals surface area contributed by atoms with Gasteiger partial charge in [0, 0.05) is 18.1 Å². The standard InChI is InChI=1S/C23H28N2O6S/c1-4-23(5-2)13-18(17-8-6-7-9-19(17)31-23)24-22(26)14-25(32(3,27)28)16-10-11-20-21(12-16)30-15-29-20/h6-12,18H,4-5,13-15H2,1-3H3,(H,24,26)/t18-/m0/s1. The molecular weight excluding hydrogens is 432 g/mol. The van der Waals surface area contributed by atoms with Gasteiger partial charge in [0.15, 0.2) is 11.5 Å². The molecule has 9 heteroatoms. The highest BCUT2D eigenvalue weighted by molar-refractivity contribution is 7.92. The SMILES string of the molecule is CCC1(CC)C[C@H](NC(=O)CN(c2ccc3c(c2)OCO3)S(C)(=O)=O)c2ccccc2O1. The average molecular weight is 461 g/mol. The molecule has 1 N–H and O–H groups in total. The topological polar surface area (TPSA) is 94.2 Å². The summed E-state index contributed by atoms with van der Waals surface area (Å²) >= 11 is 0. The Balaban J connectivity index is 1.57. The third-order valence-electron chi connectivity index (χ3n) is 6.15. The van der Waals surface area contributed by atoms with E-state index in [1.54, 1.807) is 18.2 Å². The van der Waals surface area contributed by atoms with Gasteiger partial charge in [0.2, 0.25) is 22.7 Å². The van der Waals surface area contributed by atoms with Crippen molar-refractivity contribution in [2.24, 2.45) is 0 Å². The van der Waals surface area contributed by atoms with Crippen LogP contribution in [0.3, 0.4) is 0 Å². The van der Waals surface area contributed by atoms with Gasteiger partial charge in [0.1, 0.15) is 17.9 Å². The van der Waals surface area contributed by atoms with Crippen molar-refractivity contribution >= 4 is 21.6 Å². The van der Waals surface area contributed by atoms with Crippen molar-refractivity contribution in [1.29, 1.82) is 0 Å². The van der Waals surface area contributed by atoms with Crippen LogP contribution in [0.15, 0.2) is 42.5 Å². The first-order valence-electron chi connectivity index (χ1n) is 10.7. The van der Waals surface area contributed by atoms with Crippen molar-refractivity contribution in [3.8, 4) is 17.2 Å². The summed E-state index contributed by atoms with van der Waals surface area (Å²) in [7, 11) is -3.71. The molecule has 1 amide bonds. The first kappa shape index (κ1) is 22.3. The van der Waals surface area contributed by atoms with Gasteiger partial charge in [-0.1, -0.05) is 32.0 Å². The van der Waals surface area contributed by atoms with Crippen LogP contribution in [0.25, 0.3) is 0 Å². The number of hydrogen-bond acceptors (Lipinski definition) is 6.